The summed E-state index contributed by atoms with van der Waals surface area (Å²) >= 11 is 6.02. The van der Waals surface area contributed by atoms with Crippen molar-refractivity contribution in [1.82, 2.24) is 0 Å². The van der Waals surface area contributed by atoms with Crippen LogP contribution in [0, 0.1) is 11.3 Å². The summed E-state index contributed by atoms with van der Waals surface area (Å²) in [6.07, 6.45) is 4.20. The molecule has 27 heavy (non-hydrogen) atoms. The second-order valence-electron chi connectivity index (χ2n) is 5.24. The van der Waals surface area contributed by atoms with E-state index < -0.39 is 11.9 Å². The van der Waals surface area contributed by atoms with Crippen molar-refractivity contribution in [1.29, 1.82) is 5.26 Å². The summed E-state index contributed by atoms with van der Waals surface area (Å²) in [4.78, 5) is 23.7. The molecule has 0 radical (unpaired) electrons. The molecule has 0 fully saturated rings. The second-order valence-corrected chi connectivity index (χ2v) is 5.65. The van der Waals surface area contributed by atoms with E-state index in [-0.39, 0.29) is 17.9 Å². The van der Waals surface area contributed by atoms with Gasteiger partial charge in [0.05, 0.1) is 6.61 Å². The molecule has 0 aliphatic heterocycles. The number of hydrogen-bond donors (Lipinski definition) is 0. The molecule has 0 atom stereocenters. The van der Waals surface area contributed by atoms with Gasteiger partial charge in [0.15, 0.2) is 0 Å². The van der Waals surface area contributed by atoms with Crippen LogP contribution < -0.4 is 4.74 Å². The average molecular weight is 382 g/mol. The summed E-state index contributed by atoms with van der Waals surface area (Å²) in [6, 6.07) is 15.3. The highest BCUT2D eigenvalue weighted by atomic mass is 35.5. The number of nitrogens with zero attached hydrogens (tertiary/aromatic N) is 1. The molecule has 0 aliphatic rings. The lowest BCUT2D eigenvalue weighted by molar-refractivity contribution is -0.138. The number of halogens is 1. The van der Waals surface area contributed by atoms with Gasteiger partial charge in [-0.25, -0.2) is 9.59 Å². The fourth-order valence-corrected chi connectivity index (χ4v) is 2.30. The number of carbonyl (C=O) groups excluding carboxylic acids is 2. The van der Waals surface area contributed by atoms with E-state index in [4.69, 9.17) is 26.3 Å². The first-order chi connectivity index (χ1) is 13.0. The van der Waals surface area contributed by atoms with E-state index in [9.17, 15) is 9.59 Å². The quantitative estimate of drug-likeness (QED) is 0.320. The fraction of sp³-hybridized carbons (Fsp3) is 0.0952. The smallest absolute Gasteiger partial charge is 0.348 e. The fourth-order valence-electron chi connectivity index (χ4n) is 2.10. The van der Waals surface area contributed by atoms with Gasteiger partial charge in [0, 0.05) is 11.1 Å². The van der Waals surface area contributed by atoms with Crippen LogP contribution in [0.4, 0.5) is 0 Å². The van der Waals surface area contributed by atoms with Gasteiger partial charge < -0.3 is 9.47 Å². The molecular weight excluding hydrogens is 366 g/mol. The van der Waals surface area contributed by atoms with Crippen molar-refractivity contribution in [3.05, 3.63) is 76.3 Å². The Kier molecular flexibility index (Phi) is 7.36. The van der Waals surface area contributed by atoms with Gasteiger partial charge >= 0.3 is 11.9 Å². The summed E-state index contributed by atoms with van der Waals surface area (Å²) in [5, 5.41) is 9.60. The zero-order valence-corrected chi connectivity index (χ0v) is 15.3. The molecule has 0 amide bonds. The molecule has 2 aromatic rings. The number of hydrogen-bond acceptors (Lipinski definition) is 5. The van der Waals surface area contributed by atoms with Crippen LogP contribution in [0.1, 0.15) is 18.1 Å². The number of benzene rings is 2. The van der Waals surface area contributed by atoms with Gasteiger partial charge in [-0.1, -0.05) is 41.9 Å². The van der Waals surface area contributed by atoms with Gasteiger partial charge in [0.1, 0.15) is 17.4 Å². The Morgan fingerprint density at radius 1 is 1.19 bits per heavy atom. The molecule has 2 rings (SSSR count). The van der Waals surface area contributed by atoms with Gasteiger partial charge in [-0.05, 0) is 48.4 Å². The van der Waals surface area contributed by atoms with Crippen molar-refractivity contribution in [3.8, 4) is 11.8 Å². The Morgan fingerprint density at radius 3 is 2.67 bits per heavy atom. The van der Waals surface area contributed by atoms with E-state index in [1.54, 1.807) is 55.5 Å². The number of esters is 2. The average Bonchev–Trinajstić information content (AvgIpc) is 2.66. The monoisotopic (exact) mass is 381 g/mol. The molecule has 5 nitrogen and oxygen atoms in total. The predicted octanol–water partition coefficient (Wildman–Crippen LogP) is 4.43. The maximum atomic E-state index is 12.0. The molecule has 0 heterocycles. The number of rotatable bonds is 6. The molecule has 0 saturated carbocycles. The first-order valence-electron chi connectivity index (χ1n) is 8.07. The van der Waals surface area contributed by atoms with Crippen molar-refractivity contribution in [3.63, 3.8) is 0 Å². The highest BCUT2D eigenvalue weighted by Gasteiger charge is 2.10. The molecular formula is C21H16ClNO4. The van der Waals surface area contributed by atoms with Crippen LogP contribution in [-0.2, 0) is 14.3 Å². The summed E-state index contributed by atoms with van der Waals surface area (Å²) in [7, 11) is 0. The highest BCUT2D eigenvalue weighted by molar-refractivity contribution is 6.32. The topological polar surface area (TPSA) is 76.4 Å². The molecule has 0 unspecified atom stereocenters. The summed E-state index contributed by atoms with van der Waals surface area (Å²) in [6.45, 7) is 1.83. The minimum absolute atomic E-state index is 0.140. The van der Waals surface area contributed by atoms with Crippen LogP contribution >= 0.6 is 11.6 Å². The lowest BCUT2D eigenvalue weighted by atomic mass is 10.1. The summed E-state index contributed by atoms with van der Waals surface area (Å²) in [5.41, 5.74) is 1.08. The standard InChI is InChI=1S/C21H16ClNO4/c1-2-26-21(25)17(14-23)12-15-6-5-8-18(13-15)27-20(24)11-10-16-7-3-4-9-19(16)22/h3-13H,2H2,1H3/b11-10+,17-12+. The third-order valence-electron chi connectivity index (χ3n) is 3.31. The Balaban J connectivity index is 2.11. The van der Waals surface area contributed by atoms with Crippen LogP contribution in [0.15, 0.2) is 60.2 Å². The highest BCUT2D eigenvalue weighted by Crippen LogP contribution is 2.18. The molecule has 136 valence electrons. The first kappa shape index (κ1) is 20.0. The lowest BCUT2D eigenvalue weighted by Gasteiger charge is -2.04. The van der Waals surface area contributed by atoms with Crippen molar-refractivity contribution in [2.45, 2.75) is 6.92 Å². The van der Waals surface area contributed by atoms with Gasteiger partial charge in [0.25, 0.3) is 0 Å². The van der Waals surface area contributed by atoms with Gasteiger partial charge in [-0.15, -0.1) is 0 Å². The molecule has 2 aromatic carbocycles. The van der Waals surface area contributed by atoms with Crippen molar-refractivity contribution < 1.29 is 19.1 Å². The Labute approximate surface area is 162 Å². The second kappa shape index (κ2) is 9.95. The third-order valence-corrected chi connectivity index (χ3v) is 3.65. The molecule has 0 saturated heterocycles. The minimum Gasteiger partial charge on any atom is -0.462 e. The van der Waals surface area contributed by atoms with E-state index in [2.05, 4.69) is 0 Å². The van der Waals surface area contributed by atoms with Gasteiger partial charge in [0.2, 0.25) is 0 Å². The number of ether oxygens (including phenoxy) is 2. The largest absolute Gasteiger partial charge is 0.462 e. The molecule has 0 spiro atoms. The number of carbonyl (C=O) groups is 2. The van der Waals surface area contributed by atoms with Crippen LogP contribution in [0.5, 0.6) is 5.75 Å². The molecule has 0 aliphatic carbocycles. The van der Waals surface area contributed by atoms with E-state index in [0.29, 0.717) is 16.1 Å². The van der Waals surface area contributed by atoms with Crippen LogP contribution in [0.25, 0.3) is 12.2 Å². The maximum Gasteiger partial charge on any atom is 0.348 e. The zero-order valence-electron chi connectivity index (χ0n) is 14.5. The lowest BCUT2D eigenvalue weighted by Crippen LogP contribution is -2.06. The molecule has 6 heteroatoms. The Morgan fingerprint density at radius 2 is 1.96 bits per heavy atom. The van der Waals surface area contributed by atoms with Gasteiger partial charge in [-0.3, -0.25) is 0 Å². The van der Waals surface area contributed by atoms with E-state index >= 15 is 0 Å². The number of nitriles is 1. The van der Waals surface area contributed by atoms with Crippen molar-refractivity contribution >= 4 is 35.7 Å². The Bertz CT molecular complexity index is 941. The molecule has 0 N–H and O–H groups in total. The predicted molar refractivity (Wildman–Crippen MR) is 103 cm³/mol. The third kappa shape index (κ3) is 6.14. The van der Waals surface area contributed by atoms with Gasteiger partial charge in [-0.2, -0.15) is 5.26 Å². The normalized spacial score (nSPS) is 11.1. The van der Waals surface area contributed by atoms with Crippen LogP contribution in [-0.4, -0.2) is 18.5 Å². The first-order valence-corrected chi connectivity index (χ1v) is 8.44. The summed E-state index contributed by atoms with van der Waals surface area (Å²) in [5.74, 6) is -1.01. The zero-order chi connectivity index (χ0) is 19.6. The molecule has 0 bridgehead atoms. The van der Waals surface area contributed by atoms with Crippen molar-refractivity contribution in [2.24, 2.45) is 0 Å². The van der Waals surface area contributed by atoms with Crippen LogP contribution in [0.2, 0.25) is 5.02 Å². The van der Waals surface area contributed by atoms with Crippen LogP contribution in [0.3, 0.4) is 0 Å². The van der Waals surface area contributed by atoms with E-state index in [1.165, 1.54) is 18.2 Å². The van der Waals surface area contributed by atoms with E-state index in [1.807, 2.05) is 6.07 Å². The Hall–Kier alpha value is -3.36. The maximum absolute atomic E-state index is 12.0. The van der Waals surface area contributed by atoms with E-state index in [0.717, 1.165) is 0 Å². The van der Waals surface area contributed by atoms with Crippen molar-refractivity contribution in [2.75, 3.05) is 6.61 Å². The minimum atomic E-state index is -0.704. The molecule has 0 aromatic heterocycles. The summed E-state index contributed by atoms with van der Waals surface area (Å²) < 4.78 is 10.1. The SMILES string of the molecule is CCOC(=O)/C(C#N)=C/c1cccc(OC(=O)/C=C/c2ccccc2Cl)c1.